The van der Waals surface area contributed by atoms with E-state index in [-0.39, 0.29) is 45.2 Å². The summed E-state index contributed by atoms with van der Waals surface area (Å²) in [6, 6.07) is 0. The van der Waals surface area contributed by atoms with E-state index in [4.69, 9.17) is 0 Å². The molecular formula is H20Mo2N2O13. The molecule has 17 heteroatoms. The fourth-order valence-corrected chi connectivity index (χ4v) is 3.57. The van der Waals surface area contributed by atoms with Crippen LogP contribution < -0.4 is 19.8 Å². The van der Waals surface area contributed by atoms with Gasteiger partial charge in [0.1, 0.15) is 0 Å². The summed E-state index contributed by atoms with van der Waals surface area (Å²) >= 11 is -12.7. The van der Waals surface area contributed by atoms with Crippen LogP contribution in [0.15, 0.2) is 0 Å². The van der Waals surface area contributed by atoms with E-state index in [0.717, 1.165) is 0 Å². The number of hydrogen-bond acceptors (Lipinski definition) is 7. The summed E-state index contributed by atoms with van der Waals surface area (Å²) in [5.41, 5.74) is 0. The van der Waals surface area contributed by atoms with E-state index in [0.29, 0.717) is 0 Å². The predicted molar refractivity (Wildman–Crippen MR) is 37.5 cm³/mol. The summed E-state index contributed by atoms with van der Waals surface area (Å²) < 4.78 is 59.2. The van der Waals surface area contributed by atoms with Gasteiger partial charge in [0.15, 0.2) is 0 Å². The Morgan fingerprint density at radius 3 is 0.706 bits per heavy atom. The molecule has 0 atom stereocenters. The molecule has 0 rings (SSSR count). The monoisotopic (exact) mass is 452 g/mol. The standard InChI is InChI=1S/2Mo.2H3N.6H2O.7O/h;;2*1H3;6*1H2;;;;;;;/q;;;;;;;;;;;;;;;2*-1/p+2. The van der Waals surface area contributed by atoms with Crippen LogP contribution in [-0.2, 0) is 49.1 Å². The van der Waals surface area contributed by atoms with Crippen LogP contribution in [0.25, 0.3) is 0 Å². The van der Waals surface area contributed by atoms with Crippen LogP contribution in [0.3, 0.4) is 0 Å². The van der Waals surface area contributed by atoms with Gasteiger partial charge in [0.2, 0.25) is 0 Å². The third kappa shape index (κ3) is 85.6. The molecule has 17 heavy (non-hydrogen) atoms. The van der Waals surface area contributed by atoms with Crippen LogP contribution in [0.5, 0.6) is 0 Å². The van der Waals surface area contributed by atoms with Crippen molar-refractivity contribution >= 4 is 0 Å². The van der Waals surface area contributed by atoms with Gasteiger partial charge >= 0.3 is 56.6 Å². The molecule has 0 bridgehead atoms. The minimum atomic E-state index is -6.37. The average Bonchev–Trinajstić information content (AvgIpc) is 1.14. The van der Waals surface area contributed by atoms with Crippen LogP contribution in [0.1, 0.15) is 0 Å². The molecule has 0 saturated carbocycles. The third-order valence-electron chi connectivity index (χ3n) is 0.167. The van der Waals surface area contributed by atoms with Crippen LogP contribution in [0, 0.1) is 0 Å². The zero-order chi connectivity index (χ0) is 7.71. The fraction of sp³-hybridized carbons (Fsp3) is 0. The zero-order valence-electron chi connectivity index (χ0n) is 8.67. The Morgan fingerprint density at radius 1 is 0.588 bits per heavy atom. The molecule has 0 fully saturated rings. The summed E-state index contributed by atoms with van der Waals surface area (Å²) in [5, 5.41) is 0. The zero-order valence-corrected chi connectivity index (χ0v) is 12.7. The normalized spacial score (nSPS) is 7.18. The van der Waals surface area contributed by atoms with E-state index in [2.05, 4.69) is 2.04 Å². The van der Waals surface area contributed by atoms with Crippen molar-refractivity contribution in [3.8, 4) is 0 Å². The Balaban J connectivity index is -0.0000000114. The number of hydrogen-bond donors (Lipinski definition) is 2. The molecule has 0 heterocycles. The molecule has 0 aromatic rings. The first-order valence-corrected chi connectivity index (χ1v) is 7.89. The SMILES string of the molecule is O.O.O.O.O.O.[NH4+].[NH4+].[O]=[Mo](=[O])([O-])[O][Mo](=[O])(=[O])[O-]. The van der Waals surface area contributed by atoms with Gasteiger partial charge in [-0.2, -0.15) is 0 Å². The van der Waals surface area contributed by atoms with Crippen molar-refractivity contribution in [1.82, 2.24) is 12.3 Å². The molecule has 0 aliphatic carbocycles. The molecule has 0 aliphatic heterocycles. The molecule has 0 spiro atoms. The second-order valence-corrected chi connectivity index (χ2v) is 7.21. The van der Waals surface area contributed by atoms with E-state index in [9.17, 15) is 21.1 Å². The topological polar surface area (TPSA) is 386 Å². The molecule has 20 N–H and O–H groups in total. The molecule has 0 saturated heterocycles. The second-order valence-electron chi connectivity index (χ2n) is 0.885. The molecule has 120 valence electrons. The summed E-state index contributed by atoms with van der Waals surface area (Å²) in [6.07, 6.45) is 0. The Bertz CT molecular complexity index is 243. The third-order valence-corrected chi connectivity index (χ3v) is 5.83. The maximum atomic E-state index is 9.42. The Kier molecular flexibility index (Phi) is 84.9. The first kappa shape index (κ1) is 67.4. The number of rotatable bonds is 2. The van der Waals surface area contributed by atoms with Gasteiger partial charge in [-0.15, -0.1) is 0 Å². The maximum absolute atomic E-state index is 9.42. The molecule has 0 amide bonds. The van der Waals surface area contributed by atoms with Crippen molar-refractivity contribution < 1.29 is 89.5 Å². The van der Waals surface area contributed by atoms with Crippen LogP contribution in [0.4, 0.5) is 0 Å². The van der Waals surface area contributed by atoms with Crippen molar-refractivity contribution in [3.05, 3.63) is 0 Å². The van der Waals surface area contributed by atoms with Gasteiger partial charge in [-0.3, -0.25) is 0 Å². The van der Waals surface area contributed by atoms with E-state index >= 15 is 0 Å². The molecule has 0 unspecified atom stereocenters. The molecule has 0 aromatic heterocycles. The van der Waals surface area contributed by atoms with Crippen molar-refractivity contribution in [1.29, 1.82) is 0 Å². The van der Waals surface area contributed by atoms with E-state index in [1.165, 1.54) is 0 Å². The van der Waals surface area contributed by atoms with Crippen molar-refractivity contribution in [3.63, 3.8) is 0 Å². The first-order valence-electron chi connectivity index (χ1n) is 1.33. The molecule has 0 aromatic carbocycles. The van der Waals surface area contributed by atoms with Gasteiger partial charge in [-0.1, -0.05) is 0 Å². The molecule has 0 radical (unpaired) electrons. The summed E-state index contributed by atoms with van der Waals surface area (Å²) in [6.45, 7) is 0. The average molecular weight is 448 g/mol. The summed E-state index contributed by atoms with van der Waals surface area (Å²) in [5.74, 6) is 0. The van der Waals surface area contributed by atoms with Gasteiger partial charge in [-0.05, 0) is 0 Å². The second kappa shape index (κ2) is 21.4. The van der Waals surface area contributed by atoms with Gasteiger partial charge in [0, 0.05) is 0 Å². The van der Waals surface area contributed by atoms with E-state index in [1.54, 1.807) is 0 Å². The van der Waals surface area contributed by atoms with Crippen LogP contribution >= 0.6 is 0 Å². The van der Waals surface area contributed by atoms with Crippen LogP contribution in [-0.4, -0.2) is 32.9 Å². The van der Waals surface area contributed by atoms with Gasteiger partial charge < -0.3 is 45.2 Å². The molecule has 15 nitrogen and oxygen atoms in total. The first-order chi connectivity index (χ1) is 3.71. The van der Waals surface area contributed by atoms with Gasteiger partial charge in [0.05, 0.1) is 0 Å². The van der Waals surface area contributed by atoms with Crippen molar-refractivity contribution in [2.45, 2.75) is 0 Å². The Labute approximate surface area is 102 Å². The van der Waals surface area contributed by atoms with Crippen molar-refractivity contribution in [2.75, 3.05) is 0 Å². The quantitative estimate of drug-likeness (QED) is 0.384. The van der Waals surface area contributed by atoms with Gasteiger partial charge in [-0.25, -0.2) is 0 Å². The molecule has 0 aliphatic rings. The molecular weight excluding hydrogens is 428 g/mol. The Morgan fingerprint density at radius 2 is 0.706 bits per heavy atom. The minimum absolute atomic E-state index is 0. The Hall–Kier alpha value is 0.137. The van der Waals surface area contributed by atoms with E-state index in [1.807, 2.05) is 0 Å². The summed E-state index contributed by atoms with van der Waals surface area (Å²) in [4.78, 5) is 0. The number of quaternary nitrogens is 2. The van der Waals surface area contributed by atoms with E-state index < -0.39 is 33.5 Å². The van der Waals surface area contributed by atoms with Gasteiger partial charge in [0.25, 0.3) is 0 Å². The van der Waals surface area contributed by atoms with Crippen LogP contribution in [0.2, 0.25) is 0 Å². The predicted octanol–water partition coefficient (Wildman–Crippen LogP) is -7.12. The van der Waals surface area contributed by atoms with Crippen molar-refractivity contribution in [2.24, 2.45) is 0 Å². The fourth-order valence-electron chi connectivity index (χ4n) is 0.102. The summed E-state index contributed by atoms with van der Waals surface area (Å²) in [7, 11) is 0.